The normalized spacial score (nSPS) is 23.4. The van der Waals surface area contributed by atoms with Gasteiger partial charge in [0.2, 0.25) is 11.8 Å². The zero-order valence-corrected chi connectivity index (χ0v) is 13.4. The molecule has 0 radical (unpaired) electrons. The minimum absolute atomic E-state index is 0.0252. The summed E-state index contributed by atoms with van der Waals surface area (Å²) < 4.78 is 22.3. The molecule has 2 aliphatic rings. The van der Waals surface area contributed by atoms with Crippen molar-refractivity contribution in [1.29, 1.82) is 0 Å². The minimum Gasteiger partial charge on any atom is -0.341 e. The molecule has 1 atom stereocenters. The number of hydrogen-bond donors (Lipinski definition) is 0. The van der Waals surface area contributed by atoms with Crippen molar-refractivity contribution in [2.24, 2.45) is 0 Å². The maximum atomic E-state index is 12.5. The van der Waals surface area contributed by atoms with Crippen LogP contribution in [0.15, 0.2) is 0 Å². The first-order valence-corrected chi connectivity index (χ1v) is 9.70. The fourth-order valence-electron chi connectivity index (χ4n) is 3.06. The Labute approximate surface area is 126 Å². The molecule has 7 heteroatoms. The van der Waals surface area contributed by atoms with Crippen molar-refractivity contribution < 1.29 is 18.0 Å². The summed E-state index contributed by atoms with van der Waals surface area (Å²) in [5.74, 6) is -0.319. The van der Waals surface area contributed by atoms with Gasteiger partial charge in [-0.2, -0.15) is 0 Å². The molecule has 2 rings (SSSR count). The van der Waals surface area contributed by atoms with Crippen LogP contribution in [0.5, 0.6) is 0 Å². The highest BCUT2D eigenvalue weighted by atomic mass is 32.2. The highest BCUT2D eigenvalue weighted by Gasteiger charge is 2.36. The van der Waals surface area contributed by atoms with Gasteiger partial charge in [0.15, 0.2) is 0 Å². The predicted octanol–water partition coefficient (Wildman–Crippen LogP) is 0.425. The maximum absolute atomic E-state index is 12.5. The maximum Gasteiger partial charge on any atom is 0.245 e. The molecule has 0 saturated carbocycles. The molecule has 0 aromatic heterocycles. The number of carbonyl (C=O) groups is 2. The van der Waals surface area contributed by atoms with Gasteiger partial charge in [-0.1, -0.05) is 0 Å². The molecule has 0 bridgehead atoms. The van der Waals surface area contributed by atoms with Gasteiger partial charge in [0.05, 0.1) is 5.75 Å². The zero-order valence-electron chi connectivity index (χ0n) is 12.6. The van der Waals surface area contributed by atoms with E-state index in [1.807, 2.05) is 4.90 Å². The lowest BCUT2D eigenvalue weighted by Gasteiger charge is -2.32. The van der Waals surface area contributed by atoms with E-state index in [4.69, 9.17) is 0 Å². The molecular formula is C14H24N2O4S. The van der Waals surface area contributed by atoms with Gasteiger partial charge in [0.25, 0.3) is 0 Å². The number of carbonyl (C=O) groups excluding carboxylic acids is 2. The Morgan fingerprint density at radius 1 is 1.05 bits per heavy atom. The summed E-state index contributed by atoms with van der Waals surface area (Å²) in [5.41, 5.74) is 0. The third-order valence-corrected chi connectivity index (χ3v) is 5.16. The third-order valence-electron chi connectivity index (χ3n) is 4.21. The summed E-state index contributed by atoms with van der Waals surface area (Å²) in [6, 6.07) is -0.379. The Morgan fingerprint density at radius 3 is 2.33 bits per heavy atom. The van der Waals surface area contributed by atoms with Crippen LogP contribution in [-0.4, -0.2) is 67.7 Å². The summed E-state index contributed by atoms with van der Waals surface area (Å²) in [6.45, 7) is 2.12. The summed E-state index contributed by atoms with van der Waals surface area (Å²) >= 11 is 0. The van der Waals surface area contributed by atoms with E-state index in [1.54, 1.807) is 4.90 Å². The SMILES string of the molecule is CS(=O)(=O)CCC(=O)N1CCC[C@H]1C(=O)N1CCCCC1. The van der Waals surface area contributed by atoms with Gasteiger partial charge < -0.3 is 9.80 Å². The predicted molar refractivity (Wildman–Crippen MR) is 79.5 cm³/mol. The van der Waals surface area contributed by atoms with Gasteiger partial charge in [-0.3, -0.25) is 9.59 Å². The lowest BCUT2D eigenvalue weighted by Crippen LogP contribution is -2.49. The van der Waals surface area contributed by atoms with Crippen molar-refractivity contribution in [3.63, 3.8) is 0 Å². The van der Waals surface area contributed by atoms with E-state index in [9.17, 15) is 18.0 Å². The van der Waals surface area contributed by atoms with E-state index in [1.165, 1.54) is 0 Å². The van der Waals surface area contributed by atoms with Gasteiger partial charge in [0, 0.05) is 32.3 Å². The van der Waals surface area contributed by atoms with E-state index >= 15 is 0 Å². The number of hydrogen-bond acceptors (Lipinski definition) is 4. The van der Waals surface area contributed by atoms with Crippen molar-refractivity contribution in [3.05, 3.63) is 0 Å². The van der Waals surface area contributed by atoms with Crippen LogP contribution >= 0.6 is 0 Å². The van der Waals surface area contributed by atoms with Crippen molar-refractivity contribution in [3.8, 4) is 0 Å². The molecule has 2 saturated heterocycles. The molecule has 0 aromatic carbocycles. The summed E-state index contributed by atoms with van der Waals surface area (Å²) in [4.78, 5) is 28.2. The van der Waals surface area contributed by atoms with Gasteiger partial charge in [-0.05, 0) is 32.1 Å². The van der Waals surface area contributed by atoms with Gasteiger partial charge in [-0.25, -0.2) is 8.42 Å². The van der Waals surface area contributed by atoms with Crippen molar-refractivity contribution in [2.45, 2.75) is 44.6 Å². The quantitative estimate of drug-likeness (QED) is 0.753. The monoisotopic (exact) mass is 316 g/mol. The molecule has 2 amide bonds. The van der Waals surface area contributed by atoms with E-state index in [0.717, 1.165) is 45.0 Å². The van der Waals surface area contributed by atoms with E-state index in [-0.39, 0.29) is 30.0 Å². The first kappa shape index (κ1) is 16.3. The molecule has 2 fully saturated rings. The second-order valence-corrected chi connectivity index (χ2v) is 8.27. The summed E-state index contributed by atoms with van der Waals surface area (Å²) in [5, 5.41) is 0. The van der Waals surface area contributed by atoms with E-state index in [0.29, 0.717) is 13.0 Å². The number of piperidine rings is 1. The Bertz CT molecular complexity index is 497. The summed E-state index contributed by atoms with van der Waals surface area (Å²) in [6.07, 6.45) is 5.82. The number of sulfone groups is 1. The van der Waals surface area contributed by atoms with Crippen molar-refractivity contribution in [1.82, 2.24) is 9.80 Å². The highest BCUT2D eigenvalue weighted by Crippen LogP contribution is 2.22. The molecule has 120 valence electrons. The first-order valence-electron chi connectivity index (χ1n) is 7.64. The van der Waals surface area contributed by atoms with Gasteiger partial charge >= 0.3 is 0 Å². The zero-order chi connectivity index (χ0) is 15.5. The van der Waals surface area contributed by atoms with Crippen LogP contribution < -0.4 is 0 Å². The molecule has 0 unspecified atom stereocenters. The minimum atomic E-state index is -3.15. The Hall–Kier alpha value is -1.11. The standard InChI is InChI=1S/C14H24N2O4S/c1-21(19,20)11-7-13(17)16-10-5-6-12(16)14(18)15-8-3-2-4-9-15/h12H,2-11H2,1H3/t12-/m0/s1. The van der Waals surface area contributed by atoms with Gasteiger partial charge in [0.1, 0.15) is 15.9 Å². The molecule has 0 spiro atoms. The molecule has 21 heavy (non-hydrogen) atoms. The average molecular weight is 316 g/mol. The van der Waals surface area contributed by atoms with E-state index < -0.39 is 9.84 Å². The van der Waals surface area contributed by atoms with Crippen molar-refractivity contribution in [2.75, 3.05) is 31.6 Å². The topological polar surface area (TPSA) is 74.8 Å². The number of amides is 2. The smallest absolute Gasteiger partial charge is 0.245 e. The van der Waals surface area contributed by atoms with E-state index in [2.05, 4.69) is 0 Å². The fraction of sp³-hybridized carbons (Fsp3) is 0.857. The second kappa shape index (κ2) is 6.77. The average Bonchev–Trinajstić information content (AvgIpc) is 2.93. The molecule has 0 N–H and O–H groups in total. The molecule has 6 nitrogen and oxygen atoms in total. The van der Waals surface area contributed by atoms with Crippen LogP contribution in [0.4, 0.5) is 0 Å². The van der Waals surface area contributed by atoms with Crippen LogP contribution in [0, 0.1) is 0 Å². The molecular weight excluding hydrogens is 292 g/mol. The Kier molecular flexibility index (Phi) is 5.24. The molecule has 0 aliphatic carbocycles. The highest BCUT2D eigenvalue weighted by molar-refractivity contribution is 7.90. The number of likely N-dealkylation sites (tertiary alicyclic amines) is 2. The third kappa shape index (κ3) is 4.43. The second-order valence-electron chi connectivity index (χ2n) is 6.01. The molecule has 2 heterocycles. The van der Waals surface area contributed by atoms with Crippen LogP contribution in [0.3, 0.4) is 0 Å². The van der Waals surface area contributed by atoms with Crippen LogP contribution in [0.2, 0.25) is 0 Å². The molecule has 0 aromatic rings. The van der Waals surface area contributed by atoms with Crippen molar-refractivity contribution >= 4 is 21.7 Å². The first-order chi connectivity index (χ1) is 9.88. The van der Waals surface area contributed by atoms with Gasteiger partial charge in [-0.15, -0.1) is 0 Å². The largest absolute Gasteiger partial charge is 0.341 e. The summed E-state index contributed by atoms with van der Waals surface area (Å²) in [7, 11) is -3.15. The number of rotatable bonds is 4. The van der Waals surface area contributed by atoms with Crippen LogP contribution in [0.1, 0.15) is 38.5 Å². The number of nitrogens with zero attached hydrogens (tertiary/aromatic N) is 2. The Morgan fingerprint density at radius 2 is 1.71 bits per heavy atom. The van der Waals surface area contributed by atoms with Crippen LogP contribution in [0.25, 0.3) is 0 Å². The van der Waals surface area contributed by atoms with Crippen LogP contribution in [-0.2, 0) is 19.4 Å². The Balaban J connectivity index is 1.95. The molecule has 2 aliphatic heterocycles. The lowest BCUT2D eigenvalue weighted by molar-refractivity contribution is -0.144. The lowest BCUT2D eigenvalue weighted by atomic mass is 10.1. The fourth-order valence-corrected chi connectivity index (χ4v) is 3.61.